The highest BCUT2D eigenvalue weighted by atomic mass is 32.2. The van der Waals surface area contributed by atoms with E-state index in [1.165, 1.54) is 21.1 Å². The fourth-order valence-corrected chi connectivity index (χ4v) is 7.14. The molecule has 0 aromatic carbocycles. The third-order valence-electron chi connectivity index (χ3n) is 5.28. The maximum atomic E-state index is 13.1. The normalized spacial score (nSPS) is 23.0. The van der Waals surface area contributed by atoms with Gasteiger partial charge in [0.25, 0.3) is 5.91 Å². The Balaban J connectivity index is 1.88. The zero-order chi connectivity index (χ0) is 19.8. The maximum Gasteiger partial charge on any atom is 0.270 e. The van der Waals surface area contributed by atoms with Crippen LogP contribution in [-0.2, 0) is 26.9 Å². The number of rotatable bonds is 6. The molecule has 3 rings (SSSR count). The van der Waals surface area contributed by atoms with Crippen molar-refractivity contribution < 1.29 is 21.6 Å². The summed E-state index contributed by atoms with van der Waals surface area (Å²) in [4.78, 5) is 14.8. The molecule has 2 saturated heterocycles. The number of aryl methyl sites for hydroxylation is 1. The molecule has 152 valence electrons. The fourth-order valence-electron chi connectivity index (χ4n) is 3.82. The molecule has 0 bridgehead atoms. The van der Waals surface area contributed by atoms with Crippen molar-refractivity contribution in [2.75, 3.05) is 31.1 Å². The van der Waals surface area contributed by atoms with E-state index in [2.05, 4.69) is 0 Å². The van der Waals surface area contributed by atoms with Crippen LogP contribution < -0.4 is 0 Å². The summed E-state index contributed by atoms with van der Waals surface area (Å²) in [7, 11) is -5.08. The molecule has 27 heavy (non-hydrogen) atoms. The van der Waals surface area contributed by atoms with Crippen molar-refractivity contribution in [1.82, 2.24) is 13.8 Å². The minimum Gasteiger partial charge on any atom is -0.345 e. The molecule has 3 heterocycles. The van der Waals surface area contributed by atoms with Crippen LogP contribution in [0.4, 0.5) is 0 Å². The number of aromatic nitrogens is 1. The molecule has 0 aliphatic carbocycles. The van der Waals surface area contributed by atoms with Gasteiger partial charge >= 0.3 is 0 Å². The van der Waals surface area contributed by atoms with E-state index in [1.807, 2.05) is 6.92 Å². The lowest BCUT2D eigenvalue weighted by Gasteiger charge is -2.28. The van der Waals surface area contributed by atoms with Crippen molar-refractivity contribution in [3.63, 3.8) is 0 Å². The van der Waals surface area contributed by atoms with Gasteiger partial charge in [-0.25, -0.2) is 16.8 Å². The molecule has 2 aliphatic heterocycles. The molecule has 1 amide bonds. The molecule has 2 fully saturated rings. The lowest BCUT2D eigenvalue weighted by Crippen LogP contribution is -2.42. The third kappa shape index (κ3) is 4.07. The number of sulfone groups is 1. The van der Waals surface area contributed by atoms with Crippen molar-refractivity contribution in [1.29, 1.82) is 0 Å². The first-order valence-corrected chi connectivity index (χ1v) is 12.6. The summed E-state index contributed by atoms with van der Waals surface area (Å²) in [6, 6.07) is 1.07. The number of carbonyl (C=O) groups is 1. The van der Waals surface area contributed by atoms with Crippen molar-refractivity contribution in [2.24, 2.45) is 7.05 Å². The predicted octanol–water partition coefficient (Wildman–Crippen LogP) is 0.849. The van der Waals surface area contributed by atoms with E-state index < -0.39 is 19.9 Å². The number of sulfonamides is 1. The van der Waals surface area contributed by atoms with Gasteiger partial charge in [0.1, 0.15) is 10.6 Å². The van der Waals surface area contributed by atoms with Gasteiger partial charge in [-0.05, 0) is 31.7 Å². The van der Waals surface area contributed by atoms with Crippen molar-refractivity contribution in [2.45, 2.75) is 43.5 Å². The second kappa shape index (κ2) is 7.56. The summed E-state index contributed by atoms with van der Waals surface area (Å²) >= 11 is 0. The van der Waals surface area contributed by atoms with Gasteiger partial charge in [0.2, 0.25) is 10.0 Å². The quantitative estimate of drug-likeness (QED) is 0.684. The number of nitrogens with zero attached hydrogens (tertiary/aromatic N) is 3. The summed E-state index contributed by atoms with van der Waals surface area (Å²) in [6.45, 7) is 3.38. The second-order valence-electron chi connectivity index (χ2n) is 7.34. The standard InChI is InChI=1S/C17H27N3O5S2/c1-3-7-20(14-6-10-26(22,23)13-14)17(21)16-11-15(12-18(16)2)27(24,25)19-8-4-5-9-19/h11-12,14H,3-10,13H2,1-2H3/t14-/m1/s1. The van der Waals surface area contributed by atoms with E-state index in [0.717, 1.165) is 12.8 Å². The van der Waals surface area contributed by atoms with Crippen LogP contribution in [-0.4, -0.2) is 73.7 Å². The van der Waals surface area contributed by atoms with Crippen LogP contribution in [0.3, 0.4) is 0 Å². The molecule has 0 saturated carbocycles. The highest BCUT2D eigenvalue weighted by Gasteiger charge is 2.36. The number of amides is 1. The van der Waals surface area contributed by atoms with E-state index in [4.69, 9.17) is 0 Å². The first-order valence-electron chi connectivity index (χ1n) is 9.33. The minimum absolute atomic E-state index is 0.0257. The molecule has 0 unspecified atom stereocenters. The molecule has 1 aromatic heterocycles. The monoisotopic (exact) mass is 417 g/mol. The van der Waals surface area contributed by atoms with E-state index in [1.54, 1.807) is 11.9 Å². The molecule has 0 spiro atoms. The average molecular weight is 418 g/mol. The Kier molecular flexibility index (Phi) is 5.69. The Morgan fingerprint density at radius 2 is 1.96 bits per heavy atom. The fraction of sp³-hybridized carbons (Fsp3) is 0.706. The van der Waals surface area contributed by atoms with Gasteiger partial charge in [0, 0.05) is 38.9 Å². The Labute approximate surface area is 161 Å². The average Bonchev–Trinajstić information content (AvgIpc) is 3.32. The number of carbonyl (C=O) groups excluding carboxylic acids is 1. The van der Waals surface area contributed by atoms with E-state index in [9.17, 15) is 21.6 Å². The Morgan fingerprint density at radius 1 is 1.30 bits per heavy atom. The maximum absolute atomic E-state index is 13.1. The zero-order valence-corrected chi connectivity index (χ0v) is 17.4. The van der Waals surface area contributed by atoms with Crippen LogP contribution in [0.15, 0.2) is 17.2 Å². The molecule has 8 nitrogen and oxygen atoms in total. The van der Waals surface area contributed by atoms with Crippen LogP contribution in [0.2, 0.25) is 0 Å². The number of hydrogen-bond acceptors (Lipinski definition) is 5. The summed E-state index contributed by atoms with van der Waals surface area (Å²) in [5, 5.41) is 0. The van der Waals surface area contributed by atoms with Gasteiger partial charge in [-0.3, -0.25) is 4.79 Å². The van der Waals surface area contributed by atoms with Gasteiger partial charge < -0.3 is 9.47 Å². The third-order valence-corrected chi connectivity index (χ3v) is 8.89. The smallest absolute Gasteiger partial charge is 0.270 e. The number of hydrogen-bond donors (Lipinski definition) is 0. The van der Waals surface area contributed by atoms with Gasteiger partial charge in [-0.2, -0.15) is 4.31 Å². The molecular weight excluding hydrogens is 390 g/mol. The van der Waals surface area contributed by atoms with Crippen LogP contribution in [0.1, 0.15) is 43.1 Å². The SMILES string of the molecule is CCCN(C(=O)c1cc(S(=O)(=O)N2CCCC2)cn1C)[C@@H]1CCS(=O)(=O)C1. The highest BCUT2D eigenvalue weighted by Crippen LogP contribution is 2.25. The Hall–Kier alpha value is -1.39. The minimum atomic E-state index is -3.60. The van der Waals surface area contributed by atoms with E-state index in [0.29, 0.717) is 32.5 Å². The van der Waals surface area contributed by atoms with Crippen LogP contribution in [0, 0.1) is 0 Å². The lowest BCUT2D eigenvalue weighted by molar-refractivity contribution is 0.0687. The summed E-state index contributed by atoms with van der Waals surface area (Å²) in [5.74, 6) is -0.251. The van der Waals surface area contributed by atoms with Gasteiger partial charge in [0.15, 0.2) is 9.84 Å². The topological polar surface area (TPSA) is 96.8 Å². The zero-order valence-electron chi connectivity index (χ0n) is 15.8. The van der Waals surface area contributed by atoms with Crippen LogP contribution in [0.25, 0.3) is 0 Å². The van der Waals surface area contributed by atoms with Gasteiger partial charge in [-0.15, -0.1) is 0 Å². The summed E-state index contributed by atoms with van der Waals surface area (Å²) < 4.78 is 52.2. The molecule has 1 atom stereocenters. The first-order chi connectivity index (χ1) is 12.7. The Morgan fingerprint density at radius 3 is 2.52 bits per heavy atom. The predicted molar refractivity (Wildman–Crippen MR) is 102 cm³/mol. The largest absolute Gasteiger partial charge is 0.345 e. The second-order valence-corrected chi connectivity index (χ2v) is 11.5. The lowest BCUT2D eigenvalue weighted by atomic mass is 10.2. The summed E-state index contributed by atoms with van der Waals surface area (Å²) in [6.07, 6.45) is 4.29. The van der Waals surface area contributed by atoms with Crippen molar-refractivity contribution in [3.8, 4) is 0 Å². The molecule has 1 aromatic rings. The highest BCUT2D eigenvalue weighted by molar-refractivity contribution is 7.91. The molecule has 0 N–H and O–H groups in total. The van der Waals surface area contributed by atoms with Crippen LogP contribution in [0.5, 0.6) is 0 Å². The Bertz CT molecular complexity index is 914. The molecular formula is C17H27N3O5S2. The van der Waals surface area contributed by atoms with Crippen molar-refractivity contribution >= 4 is 25.8 Å². The van der Waals surface area contributed by atoms with Crippen LogP contribution >= 0.6 is 0 Å². The van der Waals surface area contributed by atoms with Gasteiger partial charge in [0.05, 0.1) is 11.5 Å². The van der Waals surface area contributed by atoms with E-state index >= 15 is 0 Å². The molecule has 0 radical (unpaired) electrons. The van der Waals surface area contributed by atoms with E-state index in [-0.39, 0.29) is 34.0 Å². The van der Waals surface area contributed by atoms with Gasteiger partial charge in [-0.1, -0.05) is 6.92 Å². The van der Waals surface area contributed by atoms with Crippen molar-refractivity contribution in [3.05, 3.63) is 18.0 Å². The summed E-state index contributed by atoms with van der Waals surface area (Å²) in [5.41, 5.74) is 0.269. The molecule has 2 aliphatic rings. The molecule has 10 heteroatoms. The first kappa shape index (κ1) is 20.3.